The molecule has 1 aromatic rings. The molecular formula is C12H14N2O2. The summed E-state index contributed by atoms with van der Waals surface area (Å²) in [6.07, 6.45) is 3.45. The van der Waals surface area contributed by atoms with E-state index in [-0.39, 0.29) is 0 Å². The number of amides is 2. The Hall–Kier alpha value is -1.84. The SMILES string of the molecule is NC(=O)C(=O)NCc1ccc2c(c1)CCC2. The second kappa shape index (κ2) is 4.35. The van der Waals surface area contributed by atoms with Crippen molar-refractivity contribution in [3.8, 4) is 0 Å². The van der Waals surface area contributed by atoms with Gasteiger partial charge in [0.2, 0.25) is 0 Å². The molecule has 2 amide bonds. The maximum absolute atomic E-state index is 11.0. The highest BCUT2D eigenvalue weighted by Gasteiger charge is 2.12. The smallest absolute Gasteiger partial charge is 0.309 e. The topological polar surface area (TPSA) is 72.2 Å². The van der Waals surface area contributed by atoms with E-state index >= 15 is 0 Å². The van der Waals surface area contributed by atoms with E-state index in [1.54, 1.807) is 0 Å². The number of fused-ring (bicyclic) bond motifs is 1. The van der Waals surface area contributed by atoms with Crippen LogP contribution in [0.2, 0.25) is 0 Å². The highest BCUT2D eigenvalue weighted by molar-refractivity contribution is 6.34. The molecule has 0 radical (unpaired) electrons. The first kappa shape index (κ1) is 10.7. The van der Waals surface area contributed by atoms with Crippen LogP contribution in [0.3, 0.4) is 0 Å². The quantitative estimate of drug-likeness (QED) is 0.700. The van der Waals surface area contributed by atoms with Gasteiger partial charge < -0.3 is 11.1 Å². The standard InChI is InChI=1S/C12H14N2O2/c13-11(15)12(16)14-7-8-4-5-9-2-1-3-10(9)6-8/h4-6H,1-3,7H2,(H2,13,15)(H,14,16). The first-order chi connectivity index (χ1) is 7.66. The third-order valence-electron chi connectivity index (χ3n) is 2.84. The minimum Gasteiger partial charge on any atom is -0.361 e. The fourth-order valence-electron chi connectivity index (χ4n) is 2.00. The molecule has 0 aromatic heterocycles. The Kier molecular flexibility index (Phi) is 2.90. The maximum atomic E-state index is 11.0. The average molecular weight is 218 g/mol. The van der Waals surface area contributed by atoms with Crippen LogP contribution in [-0.4, -0.2) is 11.8 Å². The van der Waals surface area contributed by atoms with Crippen molar-refractivity contribution in [2.24, 2.45) is 5.73 Å². The van der Waals surface area contributed by atoms with Crippen molar-refractivity contribution < 1.29 is 9.59 Å². The summed E-state index contributed by atoms with van der Waals surface area (Å²) in [5.41, 5.74) is 8.59. The summed E-state index contributed by atoms with van der Waals surface area (Å²) in [6.45, 7) is 0.356. The Labute approximate surface area is 93.8 Å². The highest BCUT2D eigenvalue weighted by atomic mass is 16.2. The lowest BCUT2D eigenvalue weighted by Gasteiger charge is -2.05. The monoisotopic (exact) mass is 218 g/mol. The van der Waals surface area contributed by atoms with Gasteiger partial charge in [-0.3, -0.25) is 9.59 Å². The molecule has 4 heteroatoms. The van der Waals surface area contributed by atoms with Crippen molar-refractivity contribution in [1.29, 1.82) is 0 Å². The molecule has 4 nitrogen and oxygen atoms in total. The van der Waals surface area contributed by atoms with Gasteiger partial charge in [0.15, 0.2) is 0 Å². The number of carbonyl (C=O) groups is 2. The molecule has 0 fully saturated rings. The highest BCUT2D eigenvalue weighted by Crippen LogP contribution is 2.22. The Morgan fingerprint density at radius 1 is 1.25 bits per heavy atom. The largest absolute Gasteiger partial charge is 0.361 e. The molecule has 0 bridgehead atoms. The van der Waals surface area contributed by atoms with Gasteiger partial charge in [-0.2, -0.15) is 0 Å². The zero-order valence-electron chi connectivity index (χ0n) is 8.95. The van der Waals surface area contributed by atoms with E-state index in [4.69, 9.17) is 5.73 Å². The number of carbonyl (C=O) groups excluding carboxylic acids is 2. The molecule has 0 unspecified atom stereocenters. The third kappa shape index (κ3) is 2.21. The van der Waals surface area contributed by atoms with Crippen LogP contribution in [0.25, 0.3) is 0 Å². The molecule has 0 aliphatic heterocycles. The van der Waals surface area contributed by atoms with Crippen LogP contribution >= 0.6 is 0 Å². The van der Waals surface area contributed by atoms with E-state index in [0.717, 1.165) is 18.4 Å². The molecule has 1 aromatic carbocycles. The maximum Gasteiger partial charge on any atom is 0.309 e. The summed E-state index contributed by atoms with van der Waals surface area (Å²) in [5.74, 6) is -1.68. The zero-order chi connectivity index (χ0) is 11.5. The van der Waals surface area contributed by atoms with Gasteiger partial charge in [-0.25, -0.2) is 0 Å². The molecule has 0 spiro atoms. The van der Waals surface area contributed by atoms with E-state index in [0.29, 0.717) is 6.54 Å². The fourth-order valence-corrected chi connectivity index (χ4v) is 2.00. The van der Waals surface area contributed by atoms with Gasteiger partial charge in [0.05, 0.1) is 0 Å². The number of nitrogens with one attached hydrogen (secondary N) is 1. The molecule has 84 valence electrons. The molecule has 1 aliphatic rings. The summed E-state index contributed by atoms with van der Waals surface area (Å²) in [7, 11) is 0. The van der Waals surface area contributed by atoms with Crippen molar-refractivity contribution in [3.63, 3.8) is 0 Å². The van der Waals surface area contributed by atoms with Gasteiger partial charge in [0.25, 0.3) is 0 Å². The summed E-state index contributed by atoms with van der Waals surface area (Å²) in [6, 6.07) is 6.16. The summed E-state index contributed by atoms with van der Waals surface area (Å²) in [4.78, 5) is 21.5. The number of primary amides is 1. The minimum atomic E-state index is -0.943. The average Bonchev–Trinajstić information content (AvgIpc) is 2.72. The molecule has 3 N–H and O–H groups in total. The lowest BCUT2D eigenvalue weighted by molar-refractivity contribution is -0.137. The zero-order valence-corrected chi connectivity index (χ0v) is 8.95. The molecular weight excluding hydrogens is 204 g/mol. The molecule has 0 heterocycles. The van der Waals surface area contributed by atoms with Crippen LogP contribution in [-0.2, 0) is 29.0 Å². The Bertz CT molecular complexity index is 441. The summed E-state index contributed by atoms with van der Waals surface area (Å²) >= 11 is 0. The van der Waals surface area contributed by atoms with Crippen LogP contribution in [0.1, 0.15) is 23.1 Å². The van der Waals surface area contributed by atoms with Crippen molar-refractivity contribution in [3.05, 3.63) is 34.9 Å². The summed E-state index contributed by atoms with van der Waals surface area (Å²) < 4.78 is 0. The number of nitrogens with two attached hydrogens (primary N) is 1. The minimum absolute atomic E-state index is 0.356. The molecule has 0 atom stereocenters. The Balaban J connectivity index is 2.00. The fraction of sp³-hybridized carbons (Fsp3) is 0.333. The summed E-state index contributed by atoms with van der Waals surface area (Å²) in [5, 5.41) is 2.48. The molecule has 2 rings (SSSR count). The van der Waals surface area contributed by atoms with Crippen LogP contribution in [0.15, 0.2) is 18.2 Å². The normalized spacial score (nSPS) is 13.2. The predicted molar refractivity (Wildman–Crippen MR) is 59.5 cm³/mol. The lowest BCUT2D eigenvalue weighted by atomic mass is 10.1. The first-order valence-electron chi connectivity index (χ1n) is 5.35. The van der Waals surface area contributed by atoms with E-state index in [9.17, 15) is 9.59 Å². The number of hydrogen-bond donors (Lipinski definition) is 2. The van der Waals surface area contributed by atoms with Crippen LogP contribution in [0.5, 0.6) is 0 Å². The van der Waals surface area contributed by atoms with Crippen LogP contribution < -0.4 is 11.1 Å². The van der Waals surface area contributed by atoms with Crippen molar-refractivity contribution in [2.45, 2.75) is 25.8 Å². The first-order valence-corrected chi connectivity index (χ1v) is 5.35. The molecule has 0 saturated heterocycles. The molecule has 0 saturated carbocycles. The Morgan fingerprint density at radius 2 is 2.00 bits per heavy atom. The van der Waals surface area contributed by atoms with E-state index in [2.05, 4.69) is 17.4 Å². The van der Waals surface area contributed by atoms with Gasteiger partial charge in [-0.15, -0.1) is 0 Å². The van der Waals surface area contributed by atoms with Gasteiger partial charge in [0.1, 0.15) is 0 Å². The van der Waals surface area contributed by atoms with Crippen LogP contribution in [0.4, 0.5) is 0 Å². The van der Waals surface area contributed by atoms with Gasteiger partial charge >= 0.3 is 11.8 Å². The van der Waals surface area contributed by atoms with Crippen molar-refractivity contribution in [1.82, 2.24) is 5.32 Å². The van der Waals surface area contributed by atoms with Gasteiger partial charge in [0, 0.05) is 6.54 Å². The number of rotatable bonds is 2. The number of aryl methyl sites for hydroxylation is 2. The number of benzene rings is 1. The van der Waals surface area contributed by atoms with Crippen molar-refractivity contribution >= 4 is 11.8 Å². The van der Waals surface area contributed by atoms with Crippen molar-refractivity contribution in [2.75, 3.05) is 0 Å². The third-order valence-corrected chi connectivity index (χ3v) is 2.84. The van der Waals surface area contributed by atoms with Gasteiger partial charge in [-0.05, 0) is 36.0 Å². The molecule has 16 heavy (non-hydrogen) atoms. The second-order valence-corrected chi connectivity index (χ2v) is 4.00. The predicted octanol–water partition coefficient (Wildman–Crippen LogP) is 0.277. The number of hydrogen-bond acceptors (Lipinski definition) is 2. The second-order valence-electron chi connectivity index (χ2n) is 4.00. The van der Waals surface area contributed by atoms with Crippen LogP contribution in [0, 0.1) is 0 Å². The Morgan fingerprint density at radius 3 is 2.75 bits per heavy atom. The van der Waals surface area contributed by atoms with E-state index in [1.807, 2.05) is 6.07 Å². The lowest BCUT2D eigenvalue weighted by Crippen LogP contribution is -2.35. The van der Waals surface area contributed by atoms with E-state index < -0.39 is 11.8 Å². The van der Waals surface area contributed by atoms with Gasteiger partial charge in [-0.1, -0.05) is 18.2 Å². The van der Waals surface area contributed by atoms with E-state index in [1.165, 1.54) is 17.5 Å². The molecule has 1 aliphatic carbocycles.